The Morgan fingerprint density at radius 3 is 3.05 bits per heavy atom. The Morgan fingerprint density at radius 1 is 1.43 bits per heavy atom. The third-order valence-electron chi connectivity index (χ3n) is 3.94. The molecule has 0 saturated heterocycles. The Balaban J connectivity index is 1.86. The third-order valence-corrected chi connectivity index (χ3v) is 3.94. The van der Waals surface area contributed by atoms with Crippen molar-refractivity contribution in [2.75, 3.05) is 20.3 Å². The molecule has 0 spiro atoms. The number of hydrogen-bond donors (Lipinski definition) is 0. The average Bonchev–Trinajstić information content (AvgIpc) is 2.53. The number of hydrogen-bond acceptors (Lipinski definition) is 4. The van der Waals surface area contributed by atoms with Crippen LogP contribution in [0.3, 0.4) is 0 Å². The highest BCUT2D eigenvalue weighted by molar-refractivity contribution is 5.91. The molecule has 1 atom stereocenters. The van der Waals surface area contributed by atoms with Crippen LogP contribution in [-0.2, 0) is 16.0 Å². The predicted molar refractivity (Wildman–Crippen MR) is 80.0 cm³/mol. The maximum Gasteiger partial charge on any atom is 0.339 e. The Hall–Kier alpha value is -2.23. The fourth-order valence-electron chi connectivity index (χ4n) is 2.89. The molecule has 21 heavy (non-hydrogen) atoms. The number of carbonyl (C=O) groups is 1. The summed E-state index contributed by atoms with van der Waals surface area (Å²) < 4.78 is 10.3. The minimum Gasteiger partial charge on any atom is -0.497 e. The summed E-state index contributed by atoms with van der Waals surface area (Å²) in [6, 6.07) is 6.39. The molecule has 2 aliphatic rings. The molecule has 0 saturated carbocycles. The monoisotopic (exact) mass is 285 g/mol. The molecule has 1 aromatic carbocycles. The molecule has 0 bridgehead atoms. The normalized spacial score (nSPS) is 19.4. The number of benzene rings is 1. The fraction of sp³-hybridized carbons (Fsp3) is 0.353. The van der Waals surface area contributed by atoms with Crippen LogP contribution in [-0.4, -0.2) is 31.1 Å². The number of rotatable bonds is 3. The van der Waals surface area contributed by atoms with E-state index < -0.39 is 0 Å². The van der Waals surface area contributed by atoms with Crippen molar-refractivity contribution in [1.29, 1.82) is 0 Å². The van der Waals surface area contributed by atoms with Gasteiger partial charge in [-0.25, -0.2) is 4.79 Å². The van der Waals surface area contributed by atoms with Crippen LogP contribution < -0.4 is 4.74 Å². The van der Waals surface area contributed by atoms with Crippen molar-refractivity contribution < 1.29 is 14.3 Å². The van der Waals surface area contributed by atoms with Gasteiger partial charge < -0.3 is 14.4 Å². The lowest BCUT2D eigenvalue weighted by molar-refractivity contribution is -0.138. The van der Waals surface area contributed by atoms with E-state index >= 15 is 0 Å². The van der Waals surface area contributed by atoms with Crippen molar-refractivity contribution in [3.63, 3.8) is 0 Å². The lowest BCUT2D eigenvalue weighted by Gasteiger charge is -2.37. The summed E-state index contributed by atoms with van der Waals surface area (Å²) >= 11 is 0. The highest BCUT2D eigenvalue weighted by Gasteiger charge is 2.27. The molecule has 4 nitrogen and oxygen atoms in total. The van der Waals surface area contributed by atoms with Crippen molar-refractivity contribution in [2.45, 2.75) is 19.4 Å². The molecule has 110 valence electrons. The summed E-state index contributed by atoms with van der Waals surface area (Å²) in [6.45, 7) is 3.10. The van der Waals surface area contributed by atoms with Crippen molar-refractivity contribution in [2.24, 2.45) is 0 Å². The smallest absolute Gasteiger partial charge is 0.339 e. The molecule has 1 unspecified atom stereocenters. The number of methoxy groups -OCH3 is 1. The van der Waals surface area contributed by atoms with Crippen LogP contribution in [0.1, 0.15) is 24.1 Å². The van der Waals surface area contributed by atoms with Gasteiger partial charge in [-0.05, 0) is 42.7 Å². The first-order chi connectivity index (χ1) is 10.2. The summed E-state index contributed by atoms with van der Waals surface area (Å²) in [4.78, 5) is 14.0. The van der Waals surface area contributed by atoms with E-state index in [1.54, 1.807) is 7.11 Å². The molecule has 2 heterocycles. The van der Waals surface area contributed by atoms with Crippen LogP contribution in [0, 0.1) is 0 Å². The number of carbonyl (C=O) groups excluding carboxylic acids is 1. The Bertz CT molecular complexity index is 618. The van der Waals surface area contributed by atoms with Gasteiger partial charge in [-0.3, -0.25) is 0 Å². The van der Waals surface area contributed by atoms with E-state index in [-0.39, 0.29) is 12.0 Å². The van der Waals surface area contributed by atoms with Crippen molar-refractivity contribution in [1.82, 2.24) is 4.90 Å². The minimum absolute atomic E-state index is 0.192. The lowest BCUT2D eigenvalue weighted by Crippen LogP contribution is -2.33. The summed E-state index contributed by atoms with van der Waals surface area (Å²) in [5.41, 5.74) is 3.20. The SMILES string of the molecule is CCOC(=O)C1=CN2CCc3cc(OC)ccc3C2C=C1. The first kappa shape index (κ1) is 13.7. The molecule has 0 fully saturated rings. The fourth-order valence-corrected chi connectivity index (χ4v) is 2.89. The molecule has 0 N–H and O–H groups in total. The number of esters is 1. The molecule has 2 aliphatic heterocycles. The van der Waals surface area contributed by atoms with Crippen LogP contribution in [0.4, 0.5) is 0 Å². The second-order valence-electron chi connectivity index (χ2n) is 5.16. The van der Waals surface area contributed by atoms with E-state index in [2.05, 4.69) is 23.1 Å². The number of fused-ring (bicyclic) bond motifs is 3. The Morgan fingerprint density at radius 2 is 2.29 bits per heavy atom. The highest BCUT2D eigenvalue weighted by Crippen LogP contribution is 2.35. The third kappa shape index (κ3) is 2.53. The van der Waals surface area contributed by atoms with E-state index in [1.807, 2.05) is 25.3 Å². The molecule has 0 aromatic heterocycles. The van der Waals surface area contributed by atoms with E-state index in [1.165, 1.54) is 11.1 Å². The number of nitrogens with zero attached hydrogens (tertiary/aromatic N) is 1. The highest BCUT2D eigenvalue weighted by atomic mass is 16.5. The minimum atomic E-state index is -0.257. The van der Waals surface area contributed by atoms with Crippen LogP contribution >= 0.6 is 0 Å². The quantitative estimate of drug-likeness (QED) is 0.800. The van der Waals surface area contributed by atoms with E-state index in [9.17, 15) is 4.79 Å². The molecular formula is C17H19NO3. The van der Waals surface area contributed by atoms with Gasteiger partial charge in [0.1, 0.15) is 5.75 Å². The molecule has 0 amide bonds. The van der Waals surface area contributed by atoms with Crippen LogP contribution in [0.15, 0.2) is 42.1 Å². The molecular weight excluding hydrogens is 266 g/mol. The average molecular weight is 285 g/mol. The van der Waals surface area contributed by atoms with Gasteiger partial charge >= 0.3 is 5.97 Å². The summed E-state index contributed by atoms with van der Waals surface area (Å²) in [6.07, 6.45) is 6.79. The van der Waals surface area contributed by atoms with E-state index in [0.717, 1.165) is 18.7 Å². The van der Waals surface area contributed by atoms with Gasteiger partial charge in [-0.1, -0.05) is 12.1 Å². The predicted octanol–water partition coefficient (Wildman–Crippen LogP) is 2.61. The molecule has 4 heteroatoms. The lowest BCUT2D eigenvalue weighted by atomic mass is 9.90. The second-order valence-corrected chi connectivity index (χ2v) is 5.16. The molecule has 0 radical (unpaired) electrons. The van der Waals surface area contributed by atoms with Gasteiger partial charge in [-0.15, -0.1) is 0 Å². The largest absolute Gasteiger partial charge is 0.497 e. The zero-order chi connectivity index (χ0) is 14.8. The van der Waals surface area contributed by atoms with Gasteiger partial charge in [-0.2, -0.15) is 0 Å². The molecule has 0 aliphatic carbocycles. The molecule has 1 aromatic rings. The van der Waals surface area contributed by atoms with Crippen LogP contribution in [0.2, 0.25) is 0 Å². The van der Waals surface area contributed by atoms with Crippen molar-refractivity contribution in [3.05, 3.63) is 53.3 Å². The second kappa shape index (κ2) is 5.64. The summed E-state index contributed by atoms with van der Waals surface area (Å²) in [7, 11) is 1.69. The topological polar surface area (TPSA) is 38.8 Å². The van der Waals surface area contributed by atoms with Crippen molar-refractivity contribution in [3.8, 4) is 5.75 Å². The van der Waals surface area contributed by atoms with Gasteiger partial charge in [0.05, 0.1) is 25.3 Å². The van der Waals surface area contributed by atoms with Crippen LogP contribution in [0.5, 0.6) is 5.75 Å². The maximum atomic E-state index is 11.8. The standard InChI is InChI=1S/C17H19NO3/c1-3-21-17(19)13-4-7-16-15-6-5-14(20-2)10-12(15)8-9-18(16)11-13/h4-7,10-11,16H,3,8-9H2,1-2H3. The van der Waals surface area contributed by atoms with Gasteiger partial charge in [0.25, 0.3) is 0 Å². The van der Waals surface area contributed by atoms with Crippen LogP contribution in [0.25, 0.3) is 0 Å². The van der Waals surface area contributed by atoms with E-state index in [4.69, 9.17) is 9.47 Å². The van der Waals surface area contributed by atoms with E-state index in [0.29, 0.717) is 12.2 Å². The first-order valence-electron chi connectivity index (χ1n) is 7.22. The summed E-state index contributed by atoms with van der Waals surface area (Å²) in [5.74, 6) is 0.637. The summed E-state index contributed by atoms with van der Waals surface area (Å²) in [5, 5.41) is 0. The van der Waals surface area contributed by atoms with Gasteiger partial charge in [0.2, 0.25) is 0 Å². The Labute approximate surface area is 124 Å². The maximum absolute atomic E-state index is 11.8. The first-order valence-corrected chi connectivity index (χ1v) is 7.22. The zero-order valence-corrected chi connectivity index (χ0v) is 12.3. The van der Waals surface area contributed by atoms with Gasteiger partial charge in [0, 0.05) is 12.7 Å². The number of ether oxygens (including phenoxy) is 2. The van der Waals surface area contributed by atoms with Crippen molar-refractivity contribution >= 4 is 5.97 Å². The molecule has 3 rings (SSSR count). The zero-order valence-electron chi connectivity index (χ0n) is 12.3. The van der Waals surface area contributed by atoms with Gasteiger partial charge in [0.15, 0.2) is 0 Å². The Kier molecular flexibility index (Phi) is 3.69.